The zero-order valence-corrected chi connectivity index (χ0v) is 9.09. The van der Waals surface area contributed by atoms with Crippen molar-refractivity contribution < 1.29 is 9.90 Å². The molecule has 0 aliphatic heterocycles. The molecule has 0 unspecified atom stereocenters. The Labute approximate surface area is 87.9 Å². The molecular formula is C8H17N3O2S. The van der Waals surface area contributed by atoms with E-state index >= 15 is 0 Å². The van der Waals surface area contributed by atoms with Crippen LogP contribution in [-0.2, 0) is 4.79 Å². The molecule has 1 atom stereocenters. The predicted molar refractivity (Wildman–Crippen MR) is 59.7 cm³/mol. The van der Waals surface area contributed by atoms with Gasteiger partial charge in [-0.05, 0) is 19.1 Å². The quantitative estimate of drug-likeness (QED) is 0.315. The lowest BCUT2D eigenvalue weighted by Gasteiger charge is -2.04. The Hall–Kier alpha value is -0.750. The average Bonchev–Trinajstić information content (AvgIpc) is 2.09. The largest absolute Gasteiger partial charge is 0.480 e. The van der Waals surface area contributed by atoms with Gasteiger partial charge in [0.2, 0.25) is 0 Å². The zero-order chi connectivity index (χ0) is 11.0. The van der Waals surface area contributed by atoms with Gasteiger partial charge in [-0.15, -0.1) is 0 Å². The number of hydrogen-bond acceptors (Lipinski definition) is 4. The van der Waals surface area contributed by atoms with Gasteiger partial charge in [0.1, 0.15) is 6.04 Å². The number of nitrogens with two attached hydrogens (primary N) is 2. The summed E-state index contributed by atoms with van der Waals surface area (Å²) in [5.41, 5.74) is 10.7. The van der Waals surface area contributed by atoms with Gasteiger partial charge < -0.3 is 16.6 Å². The number of hydrogen-bond donors (Lipinski definition) is 3. The zero-order valence-electron chi connectivity index (χ0n) is 8.27. The van der Waals surface area contributed by atoms with Gasteiger partial charge in [-0.1, -0.05) is 0 Å². The van der Waals surface area contributed by atoms with E-state index in [9.17, 15) is 4.79 Å². The molecule has 0 heterocycles. The van der Waals surface area contributed by atoms with Crippen molar-refractivity contribution in [1.82, 2.24) is 0 Å². The average molecular weight is 219 g/mol. The van der Waals surface area contributed by atoms with Crippen molar-refractivity contribution >= 4 is 23.6 Å². The molecule has 0 saturated carbocycles. The van der Waals surface area contributed by atoms with E-state index in [1.54, 1.807) is 6.92 Å². The smallest absolute Gasteiger partial charge is 0.321 e. The van der Waals surface area contributed by atoms with Crippen LogP contribution in [-0.4, -0.2) is 41.0 Å². The third kappa shape index (κ3) is 7.88. The van der Waals surface area contributed by atoms with Crippen LogP contribution in [0.1, 0.15) is 13.3 Å². The Bertz CT molecular complexity index is 205. The van der Waals surface area contributed by atoms with Crippen molar-refractivity contribution in [2.24, 2.45) is 16.5 Å². The predicted octanol–water partition coefficient (Wildman–Crippen LogP) is -0.101. The number of carboxylic acids is 1. The van der Waals surface area contributed by atoms with Crippen LogP contribution in [0.15, 0.2) is 4.99 Å². The minimum absolute atomic E-state index is 0.445. The van der Waals surface area contributed by atoms with Crippen LogP contribution in [0.2, 0.25) is 0 Å². The summed E-state index contributed by atoms with van der Waals surface area (Å²) in [6.07, 6.45) is 0.894. The molecule has 0 fully saturated rings. The first kappa shape index (κ1) is 13.2. The molecule has 0 saturated heterocycles. The topological polar surface area (TPSA) is 102 Å². The number of amidine groups is 1. The molecule has 0 rings (SSSR count). The van der Waals surface area contributed by atoms with E-state index in [2.05, 4.69) is 4.99 Å². The normalized spacial score (nSPS) is 14.0. The lowest BCUT2D eigenvalue weighted by molar-refractivity contribution is -0.137. The number of rotatable bonds is 7. The molecule has 0 aliphatic rings. The molecule has 0 aliphatic carbocycles. The monoisotopic (exact) mass is 219 g/mol. The number of thioether (sulfide) groups is 1. The Kier molecular flexibility index (Phi) is 7.23. The standard InChI is InChI=1S/C8H17N3O2S/c1-6(9)11-3-2-4-14-5-7(10)8(12)13/h7H,2-5,10H2,1H3,(H2,9,11)(H,12,13)/t7-/m0/s1. The van der Waals surface area contributed by atoms with E-state index in [1.165, 1.54) is 11.8 Å². The summed E-state index contributed by atoms with van der Waals surface area (Å²) in [6.45, 7) is 2.44. The van der Waals surface area contributed by atoms with Gasteiger partial charge in [-0.3, -0.25) is 9.79 Å². The van der Waals surface area contributed by atoms with Crippen molar-refractivity contribution in [1.29, 1.82) is 0 Å². The van der Waals surface area contributed by atoms with Crippen LogP contribution < -0.4 is 11.5 Å². The first-order chi connectivity index (χ1) is 6.54. The van der Waals surface area contributed by atoms with Crippen LogP contribution >= 0.6 is 11.8 Å². The SMILES string of the molecule is CC(N)=NCCCSC[C@H](N)C(=O)O. The van der Waals surface area contributed by atoms with Gasteiger partial charge in [0.05, 0.1) is 5.84 Å². The first-order valence-electron chi connectivity index (χ1n) is 4.36. The highest BCUT2D eigenvalue weighted by atomic mass is 32.2. The highest BCUT2D eigenvalue weighted by Gasteiger charge is 2.09. The maximum absolute atomic E-state index is 10.3. The molecule has 5 nitrogen and oxygen atoms in total. The summed E-state index contributed by atoms with van der Waals surface area (Å²) in [5.74, 6) is 0.934. The van der Waals surface area contributed by atoms with Crippen molar-refractivity contribution in [3.8, 4) is 0 Å². The van der Waals surface area contributed by atoms with Gasteiger partial charge in [0.25, 0.3) is 0 Å². The summed E-state index contributed by atoms with van der Waals surface area (Å²) in [7, 11) is 0. The van der Waals surface area contributed by atoms with E-state index in [4.69, 9.17) is 16.6 Å². The fourth-order valence-electron chi connectivity index (χ4n) is 0.704. The molecule has 6 heteroatoms. The lowest BCUT2D eigenvalue weighted by Crippen LogP contribution is -2.32. The third-order valence-corrected chi connectivity index (χ3v) is 2.59. The van der Waals surface area contributed by atoms with E-state index in [0.717, 1.165) is 12.2 Å². The van der Waals surface area contributed by atoms with E-state index < -0.39 is 12.0 Å². The third-order valence-electron chi connectivity index (χ3n) is 1.42. The van der Waals surface area contributed by atoms with Crippen LogP contribution in [0.4, 0.5) is 0 Å². The fourth-order valence-corrected chi connectivity index (χ4v) is 1.60. The fraction of sp³-hybridized carbons (Fsp3) is 0.750. The van der Waals surface area contributed by atoms with E-state index in [0.29, 0.717) is 18.1 Å². The Balaban J connectivity index is 3.30. The number of aliphatic imine (C=N–C) groups is 1. The Morgan fingerprint density at radius 2 is 2.29 bits per heavy atom. The summed E-state index contributed by atoms with van der Waals surface area (Å²) >= 11 is 1.53. The number of carboxylic acid groups (broad SMARTS) is 1. The Morgan fingerprint density at radius 3 is 2.79 bits per heavy atom. The highest BCUT2D eigenvalue weighted by Crippen LogP contribution is 2.04. The molecule has 0 aromatic heterocycles. The second-order valence-electron chi connectivity index (χ2n) is 2.90. The molecular weight excluding hydrogens is 202 g/mol. The van der Waals surface area contributed by atoms with Crippen LogP contribution in [0.25, 0.3) is 0 Å². The highest BCUT2D eigenvalue weighted by molar-refractivity contribution is 7.99. The van der Waals surface area contributed by atoms with Gasteiger partial charge >= 0.3 is 5.97 Å². The van der Waals surface area contributed by atoms with Gasteiger partial charge in [0, 0.05) is 12.3 Å². The summed E-state index contributed by atoms with van der Waals surface area (Å²) < 4.78 is 0. The molecule has 82 valence electrons. The molecule has 0 amide bonds. The summed E-state index contributed by atoms with van der Waals surface area (Å²) in [5, 5.41) is 8.48. The maximum Gasteiger partial charge on any atom is 0.321 e. The van der Waals surface area contributed by atoms with Crippen LogP contribution in [0.5, 0.6) is 0 Å². The van der Waals surface area contributed by atoms with Crippen molar-refractivity contribution in [2.75, 3.05) is 18.1 Å². The van der Waals surface area contributed by atoms with Crippen molar-refractivity contribution in [2.45, 2.75) is 19.4 Å². The second kappa shape index (κ2) is 7.64. The maximum atomic E-state index is 10.3. The van der Waals surface area contributed by atoms with Gasteiger partial charge in [-0.25, -0.2) is 0 Å². The molecule has 5 N–H and O–H groups in total. The minimum atomic E-state index is -0.951. The van der Waals surface area contributed by atoms with Crippen molar-refractivity contribution in [3.05, 3.63) is 0 Å². The van der Waals surface area contributed by atoms with E-state index in [1.807, 2.05) is 0 Å². The van der Waals surface area contributed by atoms with Crippen molar-refractivity contribution in [3.63, 3.8) is 0 Å². The Morgan fingerprint density at radius 1 is 1.64 bits per heavy atom. The van der Waals surface area contributed by atoms with E-state index in [-0.39, 0.29) is 0 Å². The van der Waals surface area contributed by atoms with Gasteiger partial charge in [-0.2, -0.15) is 11.8 Å². The molecule has 0 aromatic rings. The molecule has 0 aromatic carbocycles. The molecule has 14 heavy (non-hydrogen) atoms. The summed E-state index contributed by atoms with van der Waals surface area (Å²) in [4.78, 5) is 14.3. The molecule has 0 radical (unpaired) electrons. The molecule has 0 bridgehead atoms. The molecule has 0 spiro atoms. The van der Waals surface area contributed by atoms with Gasteiger partial charge in [0.15, 0.2) is 0 Å². The minimum Gasteiger partial charge on any atom is -0.480 e. The van der Waals surface area contributed by atoms with Crippen LogP contribution in [0, 0.1) is 0 Å². The number of nitrogens with zero attached hydrogens (tertiary/aromatic N) is 1. The lowest BCUT2D eigenvalue weighted by atomic mass is 10.4. The second-order valence-corrected chi connectivity index (χ2v) is 4.05. The number of carbonyl (C=O) groups is 1. The first-order valence-corrected chi connectivity index (χ1v) is 5.52. The number of aliphatic carboxylic acids is 1. The van der Waals surface area contributed by atoms with Crippen LogP contribution in [0.3, 0.4) is 0 Å². The summed E-state index contributed by atoms with van der Waals surface area (Å²) in [6, 6.07) is -0.764.